The van der Waals surface area contributed by atoms with Crippen LogP contribution < -0.4 is 5.32 Å². The van der Waals surface area contributed by atoms with Gasteiger partial charge in [0, 0.05) is 32.1 Å². The van der Waals surface area contributed by atoms with Gasteiger partial charge in [-0.25, -0.2) is 4.98 Å². The highest BCUT2D eigenvalue weighted by atomic mass is 35.5. The van der Waals surface area contributed by atoms with Gasteiger partial charge in [-0.05, 0) is 12.1 Å². The van der Waals surface area contributed by atoms with E-state index in [2.05, 4.69) is 10.3 Å². The van der Waals surface area contributed by atoms with Crippen LogP contribution >= 0.6 is 11.6 Å². The van der Waals surface area contributed by atoms with E-state index in [0.29, 0.717) is 36.8 Å². The molecule has 0 fully saturated rings. The molecule has 0 spiro atoms. The Hall–Kier alpha value is -2.15. The van der Waals surface area contributed by atoms with Crippen LogP contribution in [0.4, 0.5) is 5.82 Å². The van der Waals surface area contributed by atoms with Crippen LogP contribution in [-0.4, -0.2) is 35.4 Å². The summed E-state index contributed by atoms with van der Waals surface area (Å²) in [4.78, 5) is 17.6. The van der Waals surface area contributed by atoms with Crippen LogP contribution in [0.2, 0.25) is 5.02 Å². The Balaban J connectivity index is 2.50. The number of carbonyl (C=O) groups is 1. The summed E-state index contributed by atoms with van der Waals surface area (Å²) in [6.07, 6.45) is 2.08. The Morgan fingerprint density at radius 2 is 1.95 bits per heavy atom. The van der Waals surface area contributed by atoms with Gasteiger partial charge < -0.3 is 5.32 Å². The number of hydrogen-bond donors (Lipinski definition) is 1. The van der Waals surface area contributed by atoms with Crippen molar-refractivity contribution in [3.8, 4) is 12.1 Å². The molecule has 6 nitrogen and oxygen atoms in total. The van der Waals surface area contributed by atoms with E-state index in [-0.39, 0.29) is 12.5 Å². The number of hydrogen-bond acceptors (Lipinski definition) is 5. The van der Waals surface area contributed by atoms with E-state index in [1.54, 1.807) is 17.0 Å². The molecule has 20 heavy (non-hydrogen) atoms. The summed E-state index contributed by atoms with van der Waals surface area (Å²) in [5, 5.41) is 20.3. The Labute approximate surface area is 122 Å². The van der Waals surface area contributed by atoms with Gasteiger partial charge in [0.05, 0.1) is 23.7 Å². The van der Waals surface area contributed by atoms with Crippen molar-refractivity contribution in [2.24, 2.45) is 0 Å². The van der Waals surface area contributed by atoms with Gasteiger partial charge in [-0.1, -0.05) is 11.6 Å². The van der Waals surface area contributed by atoms with E-state index in [4.69, 9.17) is 22.1 Å². The predicted octanol–water partition coefficient (Wildman–Crippen LogP) is 1.80. The number of nitrogens with one attached hydrogen (secondary N) is 1. The molecule has 0 bridgehead atoms. The second-order valence-electron chi connectivity index (χ2n) is 4.00. The summed E-state index contributed by atoms with van der Waals surface area (Å²) in [6, 6.07) is 7.28. The topological polar surface area (TPSA) is 92.8 Å². The zero-order chi connectivity index (χ0) is 14.8. The fourth-order valence-corrected chi connectivity index (χ4v) is 1.63. The molecule has 1 amide bonds. The minimum atomic E-state index is -0.240. The number of anilines is 1. The maximum atomic E-state index is 11.8. The highest BCUT2D eigenvalue weighted by Crippen LogP contribution is 2.09. The molecule has 104 valence electrons. The van der Waals surface area contributed by atoms with E-state index in [1.807, 2.05) is 12.1 Å². The first-order valence-corrected chi connectivity index (χ1v) is 6.41. The lowest BCUT2D eigenvalue weighted by atomic mass is 10.3. The molecule has 1 heterocycles. The summed E-state index contributed by atoms with van der Waals surface area (Å²) in [5.41, 5.74) is 0. The normalized spacial score (nSPS) is 9.80. The molecule has 0 aliphatic carbocycles. The van der Waals surface area contributed by atoms with Crippen molar-refractivity contribution < 1.29 is 4.79 Å². The van der Waals surface area contributed by atoms with Crippen molar-refractivity contribution in [2.45, 2.75) is 12.8 Å². The lowest BCUT2D eigenvalue weighted by Gasteiger charge is -2.18. The maximum Gasteiger partial charge on any atom is 0.239 e. The number of carbonyl (C=O) groups excluding carboxylic acids is 1. The fourth-order valence-electron chi connectivity index (χ4n) is 1.52. The van der Waals surface area contributed by atoms with Gasteiger partial charge in [0.15, 0.2) is 0 Å². The molecule has 0 atom stereocenters. The zero-order valence-corrected chi connectivity index (χ0v) is 11.6. The van der Waals surface area contributed by atoms with Gasteiger partial charge in [-0.15, -0.1) is 0 Å². The van der Waals surface area contributed by atoms with Crippen LogP contribution in [-0.2, 0) is 4.79 Å². The van der Waals surface area contributed by atoms with E-state index >= 15 is 0 Å². The number of amides is 1. The number of nitriles is 2. The van der Waals surface area contributed by atoms with Gasteiger partial charge in [0.1, 0.15) is 5.82 Å². The van der Waals surface area contributed by atoms with E-state index in [0.717, 1.165) is 0 Å². The lowest BCUT2D eigenvalue weighted by molar-refractivity contribution is -0.117. The lowest BCUT2D eigenvalue weighted by Crippen LogP contribution is -2.34. The molecule has 1 rings (SSSR count). The van der Waals surface area contributed by atoms with E-state index < -0.39 is 0 Å². The Bertz CT molecular complexity index is 499. The third-order valence-corrected chi connectivity index (χ3v) is 2.67. The first-order valence-electron chi connectivity index (χ1n) is 6.03. The molecule has 0 aliphatic heterocycles. The number of aromatic nitrogens is 1. The molecule has 1 aromatic heterocycles. The zero-order valence-electron chi connectivity index (χ0n) is 10.8. The van der Waals surface area contributed by atoms with Crippen LogP contribution in [0.5, 0.6) is 0 Å². The van der Waals surface area contributed by atoms with Crippen molar-refractivity contribution in [3.63, 3.8) is 0 Å². The third-order valence-electron chi connectivity index (χ3n) is 2.44. The maximum absolute atomic E-state index is 11.8. The quantitative estimate of drug-likeness (QED) is 0.827. The molecule has 0 saturated heterocycles. The summed E-state index contributed by atoms with van der Waals surface area (Å²) >= 11 is 5.70. The van der Waals surface area contributed by atoms with Crippen molar-refractivity contribution in [1.29, 1.82) is 10.5 Å². The highest BCUT2D eigenvalue weighted by molar-refractivity contribution is 6.30. The summed E-state index contributed by atoms with van der Waals surface area (Å²) in [6.45, 7) is 1.03. The molecule has 0 aliphatic rings. The average Bonchev–Trinajstić information content (AvgIpc) is 2.44. The van der Waals surface area contributed by atoms with E-state index in [1.165, 1.54) is 6.20 Å². The predicted molar refractivity (Wildman–Crippen MR) is 74.8 cm³/mol. The number of pyridine rings is 1. The Morgan fingerprint density at radius 1 is 1.30 bits per heavy atom. The number of halogens is 1. The first kappa shape index (κ1) is 15.9. The van der Waals surface area contributed by atoms with Crippen molar-refractivity contribution >= 4 is 23.3 Å². The van der Waals surface area contributed by atoms with Crippen LogP contribution in [0.1, 0.15) is 12.8 Å². The highest BCUT2D eigenvalue weighted by Gasteiger charge is 2.11. The molecule has 0 radical (unpaired) electrons. The number of rotatable bonds is 7. The van der Waals surface area contributed by atoms with Crippen molar-refractivity contribution in [2.75, 3.05) is 25.0 Å². The van der Waals surface area contributed by atoms with Gasteiger partial charge in [-0.2, -0.15) is 10.5 Å². The minimum absolute atomic E-state index is 0.119. The summed E-state index contributed by atoms with van der Waals surface area (Å²) < 4.78 is 0. The molecule has 1 N–H and O–H groups in total. The summed E-state index contributed by atoms with van der Waals surface area (Å²) in [5.74, 6) is 0.176. The first-order chi connectivity index (χ1) is 9.65. The van der Waals surface area contributed by atoms with Crippen LogP contribution in [0.3, 0.4) is 0 Å². The standard InChI is InChI=1S/C13H14ClN5O/c14-11-3-4-12(17-9-11)18-13(20)10-19(7-1-5-15)8-2-6-16/h3-4,9H,1-2,7-8,10H2,(H,17,18,20). The molecule has 0 unspecified atom stereocenters. The van der Waals surface area contributed by atoms with Crippen LogP contribution in [0.15, 0.2) is 18.3 Å². The molecular formula is C13H14ClN5O. The molecular weight excluding hydrogens is 278 g/mol. The van der Waals surface area contributed by atoms with Gasteiger partial charge in [-0.3, -0.25) is 9.69 Å². The third kappa shape index (κ3) is 6.14. The monoisotopic (exact) mass is 291 g/mol. The Morgan fingerprint density at radius 3 is 2.45 bits per heavy atom. The second kappa shape index (κ2) is 8.87. The second-order valence-corrected chi connectivity index (χ2v) is 4.44. The van der Waals surface area contributed by atoms with Gasteiger partial charge in [0.25, 0.3) is 0 Å². The van der Waals surface area contributed by atoms with Crippen LogP contribution in [0.25, 0.3) is 0 Å². The molecule has 0 aromatic carbocycles. The molecule has 1 aromatic rings. The molecule has 0 saturated carbocycles. The summed E-state index contributed by atoms with van der Waals surface area (Å²) in [7, 11) is 0. The molecule has 7 heteroatoms. The van der Waals surface area contributed by atoms with Gasteiger partial charge >= 0.3 is 0 Å². The smallest absolute Gasteiger partial charge is 0.239 e. The van der Waals surface area contributed by atoms with E-state index in [9.17, 15) is 4.79 Å². The van der Waals surface area contributed by atoms with Crippen molar-refractivity contribution in [1.82, 2.24) is 9.88 Å². The van der Waals surface area contributed by atoms with Gasteiger partial charge in [0.2, 0.25) is 5.91 Å². The largest absolute Gasteiger partial charge is 0.310 e. The van der Waals surface area contributed by atoms with Crippen molar-refractivity contribution in [3.05, 3.63) is 23.4 Å². The minimum Gasteiger partial charge on any atom is -0.310 e. The average molecular weight is 292 g/mol. The Kier molecular flexibility index (Phi) is 7.05. The van der Waals surface area contributed by atoms with Crippen LogP contribution in [0, 0.1) is 22.7 Å². The number of nitrogens with zero attached hydrogens (tertiary/aromatic N) is 4. The fraction of sp³-hybridized carbons (Fsp3) is 0.385. The SMILES string of the molecule is N#CCCN(CCC#N)CC(=O)Nc1ccc(Cl)cn1.